The van der Waals surface area contributed by atoms with E-state index in [2.05, 4.69) is 12.0 Å². The van der Waals surface area contributed by atoms with E-state index < -0.39 is 11.8 Å². The van der Waals surface area contributed by atoms with E-state index in [1.807, 2.05) is 13.0 Å². The lowest BCUT2D eigenvalue weighted by Crippen LogP contribution is -2.44. The van der Waals surface area contributed by atoms with Gasteiger partial charge in [0.05, 0.1) is 18.6 Å². The van der Waals surface area contributed by atoms with Crippen molar-refractivity contribution in [1.29, 1.82) is 0 Å². The van der Waals surface area contributed by atoms with Crippen LogP contribution in [0, 0.1) is 0 Å². The number of hydrogen-bond donors (Lipinski definition) is 1. The molecule has 0 saturated carbocycles. The third-order valence-electron chi connectivity index (χ3n) is 4.28. The number of amides is 2. The minimum absolute atomic E-state index is 0.235. The summed E-state index contributed by atoms with van der Waals surface area (Å²) in [6, 6.07) is 11.9. The Balaban J connectivity index is 1.76. The molecule has 0 radical (unpaired) electrons. The van der Waals surface area contributed by atoms with Gasteiger partial charge < -0.3 is 14.2 Å². The Bertz CT molecular complexity index is 1070. The number of carbonyl (C=O) groups is 2. The molecular formula is C23H22N2O5S2. The number of carbonyl (C=O) groups excluding carboxylic acids is 2. The van der Waals surface area contributed by atoms with Crippen LogP contribution in [0.15, 0.2) is 60.0 Å². The highest BCUT2D eigenvalue weighted by atomic mass is 32.2. The van der Waals surface area contributed by atoms with Crippen molar-refractivity contribution in [2.45, 2.75) is 6.92 Å². The van der Waals surface area contributed by atoms with Crippen molar-refractivity contribution in [3.05, 3.63) is 71.2 Å². The number of thioether (sulfide) groups is 1. The number of benzene rings is 2. The summed E-state index contributed by atoms with van der Waals surface area (Å²) in [5, 5.41) is 1.07. The van der Waals surface area contributed by atoms with Crippen LogP contribution in [0.25, 0.3) is 6.08 Å². The number of hydrogen-bond acceptors (Lipinski definition) is 7. The van der Waals surface area contributed by atoms with Gasteiger partial charge >= 0.3 is 0 Å². The minimum atomic E-state index is -0.451. The lowest BCUT2D eigenvalue weighted by molar-refractivity contribution is -0.123. The Hall–Kier alpha value is -3.30. The summed E-state index contributed by atoms with van der Waals surface area (Å²) in [5.74, 6) is 0.913. The maximum Gasteiger partial charge on any atom is 0.285 e. The van der Waals surface area contributed by atoms with Gasteiger partial charge in [-0.05, 0) is 67.2 Å². The highest BCUT2D eigenvalue weighted by Gasteiger charge is 2.33. The number of hydrazine groups is 1. The average Bonchev–Trinajstić information content (AvgIpc) is 3.06. The second kappa shape index (κ2) is 10.8. The number of methoxy groups -OCH3 is 1. The molecule has 32 heavy (non-hydrogen) atoms. The summed E-state index contributed by atoms with van der Waals surface area (Å²) < 4.78 is 16.6. The minimum Gasteiger partial charge on any atom is -0.497 e. The second-order valence-electron chi connectivity index (χ2n) is 6.43. The zero-order valence-electron chi connectivity index (χ0n) is 17.6. The Morgan fingerprint density at radius 1 is 1.19 bits per heavy atom. The van der Waals surface area contributed by atoms with Crippen molar-refractivity contribution in [1.82, 2.24) is 10.4 Å². The molecule has 1 saturated heterocycles. The molecule has 1 aliphatic heterocycles. The van der Waals surface area contributed by atoms with Crippen molar-refractivity contribution in [3.63, 3.8) is 0 Å². The zero-order chi connectivity index (χ0) is 23.1. The molecule has 0 aliphatic carbocycles. The number of nitrogens with one attached hydrogen (secondary N) is 1. The van der Waals surface area contributed by atoms with E-state index in [0.717, 1.165) is 22.3 Å². The van der Waals surface area contributed by atoms with E-state index in [1.165, 1.54) is 0 Å². The van der Waals surface area contributed by atoms with Gasteiger partial charge in [-0.15, -0.1) is 0 Å². The number of nitrogens with zero attached hydrogens (tertiary/aromatic N) is 1. The largest absolute Gasteiger partial charge is 0.497 e. The predicted octanol–water partition coefficient (Wildman–Crippen LogP) is 4.20. The van der Waals surface area contributed by atoms with E-state index in [1.54, 1.807) is 55.7 Å². The zero-order valence-corrected chi connectivity index (χ0v) is 19.3. The fraction of sp³-hybridized carbons (Fsp3) is 0.174. The normalized spacial score (nSPS) is 14.4. The third-order valence-corrected chi connectivity index (χ3v) is 5.58. The van der Waals surface area contributed by atoms with Crippen LogP contribution in [0.2, 0.25) is 0 Å². The molecule has 7 nitrogen and oxygen atoms in total. The fourth-order valence-electron chi connectivity index (χ4n) is 2.77. The van der Waals surface area contributed by atoms with E-state index >= 15 is 0 Å². The SMILES string of the molecule is C=CCOc1ccc(/C=C2\SC(=S)N(NC(=O)c3ccc(OC)cc3)C2=O)cc1OCC. The molecule has 1 heterocycles. The summed E-state index contributed by atoms with van der Waals surface area (Å²) in [7, 11) is 1.54. The molecule has 1 N–H and O–H groups in total. The van der Waals surface area contributed by atoms with E-state index in [0.29, 0.717) is 40.9 Å². The van der Waals surface area contributed by atoms with Crippen LogP contribution >= 0.6 is 24.0 Å². The van der Waals surface area contributed by atoms with Gasteiger partial charge in [0.25, 0.3) is 11.8 Å². The molecule has 9 heteroatoms. The molecule has 2 amide bonds. The summed E-state index contributed by atoms with van der Waals surface area (Å²) in [6.45, 7) is 6.33. The van der Waals surface area contributed by atoms with Crippen LogP contribution in [0.4, 0.5) is 0 Å². The second-order valence-corrected chi connectivity index (χ2v) is 8.10. The van der Waals surface area contributed by atoms with Crippen molar-refractivity contribution in [2.75, 3.05) is 20.3 Å². The molecule has 0 unspecified atom stereocenters. The third kappa shape index (κ3) is 5.49. The van der Waals surface area contributed by atoms with Gasteiger partial charge in [0, 0.05) is 5.56 Å². The van der Waals surface area contributed by atoms with Gasteiger partial charge in [-0.25, -0.2) is 0 Å². The molecule has 0 atom stereocenters. The van der Waals surface area contributed by atoms with Crippen LogP contribution in [0.5, 0.6) is 17.2 Å². The molecule has 0 spiro atoms. The van der Waals surface area contributed by atoms with Crippen LogP contribution < -0.4 is 19.6 Å². The van der Waals surface area contributed by atoms with Crippen LogP contribution in [0.1, 0.15) is 22.8 Å². The highest BCUT2D eigenvalue weighted by Crippen LogP contribution is 2.34. The number of ether oxygens (including phenoxy) is 3. The number of thiocarbonyl (C=S) groups is 1. The predicted molar refractivity (Wildman–Crippen MR) is 129 cm³/mol. The maximum absolute atomic E-state index is 12.9. The molecule has 166 valence electrons. The van der Waals surface area contributed by atoms with E-state index in [9.17, 15) is 9.59 Å². The highest BCUT2D eigenvalue weighted by molar-refractivity contribution is 8.26. The molecule has 3 rings (SSSR count). The molecule has 2 aromatic rings. The average molecular weight is 471 g/mol. The van der Waals surface area contributed by atoms with Gasteiger partial charge in [-0.1, -0.05) is 30.5 Å². The first-order valence-corrected chi connectivity index (χ1v) is 10.9. The molecule has 1 fully saturated rings. The molecule has 1 aliphatic rings. The van der Waals surface area contributed by atoms with Gasteiger partial charge in [0.15, 0.2) is 15.8 Å². The summed E-state index contributed by atoms with van der Waals surface area (Å²) in [6.07, 6.45) is 3.34. The number of rotatable bonds is 9. The van der Waals surface area contributed by atoms with E-state index in [4.69, 9.17) is 26.4 Å². The molecule has 0 bridgehead atoms. The monoisotopic (exact) mass is 470 g/mol. The Morgan fingerprint density at radius 2 is 1.94 bits per heavy atom. The van der Waals surface area contributed by atoms with Crippen LogP contribution in [0.3, 0.4) is 0 Å². The topological polar surface area (TPSA) is 77.1 Å². The quantitative estimate of drug-likeness (QED) is 0.334. The Labute approximate surface area is 196 Å². The molecule has 0 aromatic heterocycles. The summed E-state index contributed by atoms with van der Waals surface area (Å²) >= 11 is 6.40. The van der Waals surface area contributed by atoms with Gasteiger partial charge in [0.2, 0.25) is 0 Å². The first-order chi connectivity index (χ1) is 15.5. The summed E-state index contributed by atoms with van der Waals surface area (Å²) in [4.78, 5) is 25.8. The van der Waals surface area contributed by atoms with Crippen molar-refractivity contribution in [2.24, 2.45) is 0 Å². The van der Waals surface area contributed by atoms with Gasteiger partial charge in [-0.2, -0.15) is 5.01 Å². The van der Waals surface area contributed by atoms with Crippen LogP contribution in [-0.2, 0) is 4.79 Å². The van der Waals surface area contributed by atoms with Crippen molar-refractivity contribution in [3.8, 4) is 17.2 Å². The lowest BCUT2D eigenvalue weighted by Gasteiger charge is -2.15. The first kappa shape index (κ1) is 23.4. The summed E-state index contributed by atoms with van der Waals surface area (Å²) in [5.41, 5.74) is 3.67. The maximum atomic E-state index is 12.9. The first-order valence-electron chi connectivity index (χ1n) is 9.70. The fourth-order valence-corrected chi connectivity index (χ4v) is 3.95. The van der Waals surface area contributed by atoms with Gasteiger partial charge in [0.1, 0.15) is 12.4 Å². The van der Waals surface area contributed by atoms with Gasteiger partial charge in [-0.3, -0.25) is 15.0 Å². The van der Waals surface area contributed by atoms with Crippen molar-refractivity contribution < 1.29 is 23.8 Å². The molecular weight excluding hydrogens is 448 g/mol. The van der Waals surface area contributed by atoms with E-state index in [-0.39, 0.29) is 4.32 Å². The Morgan fingerprint density at radius 3 is 2.59 bits per heavy atom. The smallest absolute Gasteiger partial charge is 0.285 e. The standard InChI is InChI=1S/C23H22N2O5S2/c1-4-12-30-18-11-6-15(13-19(18)29-5-2)14-20-22(27)25(23(31)32-20)24-21(26)16-7-9-17(28-3)10-8-16/h4,6-11,13-14H,1,5,12H2,2-3H3,(H,24,26)/b20-14-. The van der Waals surface area contributed by atoms with Crippen molar-refractivity contribution >= 4 is 46.2 Å². The lowest BCUT2D eigenvalue weighted by atomic mass is 10.2. The Kier molecular flexibility index (Phi) is 7.91. The molecule has 2 aromatic carbocycles. The van der Waals surface area contributed by atoms with Crippen LogP contribution in [-0.4, -0.2) is 41.5 Å².